The Labute approximate surface area is 136 Å². The Kier molecular flexibility index (Phi) is 7.34. The lowest BCUT2D eigenvalue weighted by molar-refractivity contribution is 0.0710. The average molecular weight is 348 g/mol. The third kappa shape index (κ3) is 5.24. The molecule has 0 aliphatic heterocycles. The first-order valence-corrected chi connectivity index (χ1v) is 9.74. The van der Waals surface area contributed by atoms with Gasteiger partial charge >= 0.3 is 0 Å². The van der Waals surface area contributed by atoms with Crippen LogP contribution in [-0.2, 0) is 10.1 Å². The second-order valence-electron chi connectivity index (χ2n) is 5.63. The molecule has 0 fully saturated rings. The van der Waals surface area contributed by atoms with Crippen molar-refractivity contribution in [3.63, 3.8) is 0 Å². The Morgan fingerprint density at radius 3 is 2.14 bits per heavy atom. The van der Waals surface area contributed by atoms with E-state index in [0.29, 0.717) is 12.2 Å². The summed E-state index contributed by atoms with van der Waals surface area (Å²) in [6.07, 6.45) is 0.713. The Morgan fingerprint density at radius 1 is 1.18 bits per heavy atom. The van der Waals surface area contributed by atoms with Gasteiger partial charge in [-0.3, -0.25) is 4.55 Å². The van der Waals surface area contributed by atoms with Crippen LogP contribution in [0.2, 0.25) is 0 Å². The summed E-state index contributed by atoms with van der Waals surface area (Å²) in [5.74, 6) is 1.67. The van der Waals surface area contributed by atoms with Gasteiger partial charge in [-0.1, -0.05) is 26.0 Å². The van der Waals surface area contributed by atoms with Crippen LogP contribution in [0.15, 0.2) is 29.2 Å². The molecule has 0 bridgehead atoms. The van der Waals surface area contributed by atoms with Crippen LogP contribution < -0.4 is 0 Å². The van der Waals surface area contributed by atoms with Crippen LogP contribution in [0.5, 0.6) is 0 Å². The van der Waals surface area contributed by atoms with Gasteiger partial charge in [0.25, 0.3) is 10.1 Å². The molecule has 1 aromatic rings. The van der Waals surface area contributed by atoms with Crippen LogP contribution in [0.4, 0.5) is 0 Å². The van der Waals surface area contributed by atoms with E-state index in [2.05, 4.69) is 0 Å². The molecule has 1 unspecified atom stereocenters. The highest BCUT2D eigenvalue weighted by molar-refractivity contribution is 7.99. The Hall–Kier alpha value is -0.600. The zero-order valence-corrected chi connectivity index (χ0v) is 14.5. The van der Waals surface area contributed by atoms with Gasteiger partial charge in [-0.25, -0.2) is 0 Å². The zero-order valence-electron chi connectivity index (χ0n) is 12.9. The molecule has 126 valence electrons. The highest BCUT2D eigenvalue weighted by atomic mass is 32.2. The van der Waals surface area contributed by atoms with Crippen LogP contribution >= 0.6 is 11.8 Å². The van der Waals surface area contributed by atoms with Crippen molar-refractivity contribution in [3.05, 3.63) is 29.8 Å². The maximum atomic E-state index is 11.0. The van der Waals surface area contributed by atoms with Crippen molar-refractivity contribution in [3.8, 4) is 0 Å². The second kappa shape index (κ2) is 8.31. The van der Waals surface area contributed by atoms with Gasteiger partial charge in [0.05, 0.1) is 18.1 Å². The van der Waals surface area contributed by atoms with E-state index in [1.165, 1.54) is 12.1 Å². The minimum Gasteiger partial charge on any atom is -0.396 e. The normalized spacial score (nSPS) is 14.0. The topological polar surface area (TPSA) is 94.8 Å². The molecule has 1 rings (SSSR count). The number of aliphatic hydroxyl groups is 2. The fraction of sp³-hybridized carbons (Fsp3) is 0.600. The van der Waals surface area contributed by atoms with Crippen molar-refractivity contribution < 1.29 is 23.2 Å². The number of aliphatic hydroxyl groups excluding tert-OH is 2. The number of benzene rings is 1. The predicted molar refractivity (Wildman–Crippen MR) is 88.9 cm³/mol. The van der Waals surface area contributed by atoms with E-state index in [1.54, 1.807) is 23.9 Å². The average Bonchev–Trinajstić information content (AvgIpc) is 2.51. The van der Waals surface area contributed by atoms with Crippen molar-refractivity contribution in [1.82, 2.24) is 0 Å². The maximum absolute atomic E-state index is 11.0. The summed E-state index contributed by atoms with van der Waals surface area (Å²) >= 11 is 1.66. The molecule has 0 aliphatic carbocycles. The van der Waals surface area contributed by atoms with Gasteiger partial charge in [0.15, 0.2) is 0 Å². The Morgan fingerprint density at radius 2 is 1.73 bits per heavy atom. The van der Waals surface area contributed by atoms with Crippen molar-refractivity contribution >= 4 is 21.9 Å². The van der Waals surface area contributed by atoms with E-state index in [-0.39, 0.29) is 24.0 Å². The van der Waals surface area contributed by atoms with Gasteiger partial charge in [-0.15, -0.1) is 0 Å². The van der Waals surface area contributed by atoms with Gasteiger partial charge in [0.1, 0.15) is 0 Å². The molecule has 0 aromatic heterocycles. The number of thioether (sulfide) groups is 1. The molecule has 5 nitrogen and oxygen atoms in total. The molecular weight excluding hydrogens is 324 g/mol. The first-order chi connectivity index (χ1) is 10.3. The first-order valence-electron chi connectivity index (χ1n) is 7.15. The first kappa shape index (κ1) is 19.4. The van der Waals surface area contributed by atoms with E-state index < -0.39 is 15.5 Å². The fourth-order valence-electron chi connectivity index (χ4n) is 1.98. The molecule has 0 aliphatic rings. The van der Waals surface area contributed by atoms with E-state index in [1.807, 2.05) is 13.8 Å². The summed E-state index contributed by atoms with van der Waals surface area (Å²) in [5, 5.41) is 18.8. The number of hydrogen-bond acceptors (Lipinski definition) is 5. The zero-order chi connectivity index (χ0) is 16.8. The van der Waals surface area contributed by atoms with Gasteiger partial charge in [-0.05, 0) is 35.8 Å². The second-order valence-corrected chi connectivity index (χ2v) is 8.08. The lowest BCUT2D eigenvalue weighted by atomic mass is 9.90. The van der Waals surface area contributed by atoms with Crippen molar-refractivity contribution in [1.29, 1.82) is 0 Å². The highest BCUT2D eigenvalue weighted by Gasteiger charge is 2.26. The van der Waals surface area contributed by atoms with Gasteiger partial charge in [0, 0.05) is 11.2 Å². The third-order valence-electron chi connectivity index (χ3n) is 3.94. The van der Waals surface area contributed by atoms with Gasteiger partial charge in [0.2, 0.25) is 0 Å². The standard InChI is InChI=1S/C15H24O5S2/c1-3-15(9-16,10-17)11-21-8-12(2)13-4-6-14(7-5-13)22(18,19)20/h4-7,12,16-17H,3,8-11H2,1-2H3,(H,18,19,20). The third-order valence-corrected chi connectivity index (χ3v) is 6.36. The van der Waals surface area contributed by atoms with E-state index in [9.17, 15) is 18.6 Å². The molecule has 0 saturated heterocycles. The lowest BCUT2D eigenvalue weighted by Gasteiger charge is -2.28. The van der Waals surface area contributed by atoms with E-state index in [0.717, 1.165) is 11.3 Å². The fourth-order valence-corrected chi connectivity index (χ4v) is 3.95. The summed E-state index contributed by atoms with van der Waals surface area (Å²) in [4.78, 5) is -0.110. The lowest BCUT2D eigenvalue weighted by Crippen LogP contribution is -2.32. The molecule has 0 spiro atoms. The van der Waals surface area contributed by atoms with E-state index >= 15 is 0 Å². The summed E-state index contributed by atoms with van der Waals surface area (Å²) in [7, 11) is -4.15. The smallest absolute Gasteiger partial charge is 0.294 e. The van der Waals surface area contributed by atoms with Crippen LogP contribution in [-0.4, -0.2) is 47.9 Å². The van der Waals surface area contributed by atoms with Crippen molar-refractivity contribution in [2.24, 2.45) is 5.41 Å². The molecule has 7 heteroatoms. The largest absolute Gasteiger partial charge is 0.396 e. The van der Waals surface area contributed by atoms with Gasteiger partial charge in [-0.2, -0.15) is 20.2 Å². The summed E-state index contributed by atoms with van der Waals surface area (Å²) in [6, 6.07) is 6.17. The molecule has 0 heterocycles. The molecule has 1 aromatic carbocycles. The summed E-state index contributed by atoms with van der Waals surface area (Å²) in [6.45, 7) is 3.90. The predicted octanol–water partition coefficient (Wildman–Crippen LogP) is 2.15. The summed E-state index contributed by atoms with van der Waals surface area (Å²) in [5.41, 5.74) is 0.536. The van der Waals surface area contributed by atoms with Crippen LogP contribution in [0.25, 0.3) is 0 Å². The van der Waals surface area contributed by atoms with Crippen LogP contribution in [0.3, 0.4) is 0 Å². The van der Waals surface area contributed by atoms with E-state index in [4.69, 9.17) is 4.55 Å². The minimum atomic E-state index is -4.15. The number of hydrogen-bond donors (Lipinski definition) is 3. The highest BCUT2D eigenvalue weighted by Crippen LogP contribution is 2.29. The molecule has 0 radical (unpaired) electrons. The molecular formula is C15H24O5S2. The minimum absolute atomic E-state index is 0.0373. The molecule has 0 amide bonds. The monoisotopic (exact) mass is 348 g/mol. The molecule has 1 atom stereocenters. The molecule has 22 heavy (non-hydrogen) atoms. The summed E-state index contributed by atoms with van der Waals surface area (Å²) < 4.78 is 31.0. The Balaban J connectivity index is 2.61. The maximum Gasteiger partial charge on any atom is 0.294 e. The van der Waals surface area contributed by atoms with Crippen LogP contribution in [0.1, 0.15) is 31.7 Å². The SMILES string of the molecule is CCC(CO)(CO)CSCC(C)c1ccc(S(=O)(=O)O)cc1. The van der Waals surface area contributed by atoms with Crippen molar-refractivity contribution in [2.75, 3.05) is 24.7 Å². The quantitative estimate of drug-likeness (QED) is 0.592. The Bertz CT molecular complexity index is 542. The molecule has 3 N–H and O–H groups in total. The number of rotatable bonds is 9. The van der Waals surface area contributed by atoms with Crippen LogP contribution in [0, 0.1) is 5.41 Å². The van der Waals surface area contributed by atoms with Gasteiger partial charge < -0.3 is 10.2 Å². The molecule has 0 saturated carbocycles. The van der Waals surface area contributed by atoms with Crippen molar-refractivity contribution in [2.45, 2.75) is 31.1 Å².